The predicted octanol–water partition coefficient (Wildman–Crippen LogP) is 3.93. The molecule has 6 nitrogen and oxygen atoms in total. The average molecular weight is 377 g/mol. The normalized spacial score (nSPS) is 15.9. The van der Waals surface area contributed by atoms with Crippen molar-refractivity contribution in [3.8, 4) is 0 Å². The molecule has 0 aliphatic carbocycles. The van der Waals surface area contributed by atoms with Gasteiger partial charge in [-0.2, -0.15) is 10.1 Å². The average Bonchev–Trinajstić information content (AvgIpc) is 3.15. The number of thioether (sulfide) groups is 1. The van der Waals surface area contributed by atoms with Gasteiger partial charge in [0.1, 0.15) is 12.4 Å². The van der Waals surface area contributed by atoms with Gasteiger partial charge < -0.3 is 10.6 Å². The Hall–Kier alpha value is -3.06. The van der Waals surface area contributed by atoms with Crippen LogP contribution in [0.3, 0.4) is 0 Å². The second-order valence-corrected chi connectivity index (χ2v) is 7.07. The zero-order valence-corrected chi connectivity index (χ0v) is 15.8. The maximum atomic E-state index is 13.1. The molecule has 1 unspecified atom stereocenters. The molecule has 4 rings (SSSR count). The first-order chi connectivity index (χ1) is 13.2. The Labute approximate surface area is 161 Å². The molecule has 1 aliphatic rings. The first-order valence-corrected chi connectivity index (χ1v) is 9.77. The van der Waals surface area contributed by atoms with Gasteiger partial charge in [-0.1, -0.05) is 30.3 Å². The molecule has 3 aromatic rings. The van der Waals surface area contributed by atoms with Crippen molar-refractivity contribution in [1.29, 1.82) is 0 Å². The van der Waals surface area contributed by atoms with E-state index in [1.54, 1.807) is 16.4 Å². The Morgan fingerprint density at radius 1 is 1.15 bits per heavy atom. The number of carbonyl (C=O) groups excluding carboxylic acids is 1. The lowest BCUT2D eigenvalue weighted by molar-refractivity contribution is -0.113. The van der Waals surface area contributed by atoms with Crippen molar-refractivity contribution in [2.24, 2.45) is 0 Å². The number of hydrogen-bond acceptors (Lipinski definition) is 5. The lowest BCUT2D eigenvalue weighted by atomic mass is 9.95. The highest BCUT2D eigenvalue weighted by molar-refractivity contribution is 7.98. The maximum absolute atomic E-state index is 13.1. The van der Waals surface area contributed by atoms with Crippen LogP contribution in [0.15, 0.2) is 77.1 Å². The fourth-order valence-corrected chi connectivity index (χ4v) is 3.61. The lowest BCUT2D eigenvalue weighted by Crippen LogP contribution is -2.31. The van der Waals surface area contributed by atoms with Gasteiger partial charge in [0.2, 0.25) is 5.95 Å². The van der Waals surface area contributed by atoms with Gasteiger partial charge in [-0.05, 0) is 43.0 Å². The molecule has 0 radical (unpaired) electrons. The summed E-state index contributed by atoms with van der Waals surface area (Å²) in [4.78, 5) is 18.6. The van der Waals surface area contributed by atoms with E-state index < -0.39 is 0 Å². The van der Waals surface area contributed by atoms with Crippen LogP contribution in [0.2, 0.25) is 0 Å². The highest BCUT2D eigenvalue weighted by Crippen LogP contribution is 2.35. The molecule has 0 saturated heterocycles. The maximum Gasteiger partial charge on any atom is 0.255 e. The second-order valence-electron chi connectivity index (χ2n) is 6.19. The standard InChI is InChI=1S/C20H19N5OS/c1-13-17(19(26)24-15-6-4-3-5-7-15)18(25-20(23-13)21-12-22-25)14-8-10-16(27-2)11-9-14/h3-12,18H,1-2H3,(H,24,26)(H,21,22,23). The molecule has 0 fully saturated rings. The summed E-state index contributed by atoms with van der Waals surface area (Å²) in [7, 11) is 0. The predicted molar refractivity (Wildman–Crippen MR) is 108 cm³/mol. The summed E-state index contributed by atoms with van der Waals surface area (Å²) in [5, 5.41) is 10.5. The van der Waals surface area contributed by atoms with E-state index in [0.717, 1.165) is 16.9 Å². The summed E-state index contributed by atoms with van der Waals surface area (Å²) < 4.78 is 1.75. The topological polar surface area (TPSA) is 71.8 Å². The van der Waals surface area contributed by atoms with E-state index >= 15 is 0 Å². The molecule has 2 heterocycles. The summed E-state index contributed by atoms with van der Waals surface area (Å²) in [5.74, 6) is 0.467. The third-order valence-electron chi connectivity index (χ3n) is 4.50. The molecule has 1 aliphatic heterocycles. The van der Waals surface area contributed by atoms with E-state index in [0.29, 0.717) is 11.5 Å². The zero-order chi connectivity index (χ0) is 18.8. The van der Waals surface area contributed by atoms with Gasteiger partial charge in [0.15, 0.2) is 0 Å². The molecule has 136 valence electrons. The molecule has 0 spiro atoms. The Kier molecular flexibility index (Phi) is 4.68. The van der Waals surface area contributed by atoms with Crippen LogP contribution >= 0.6 is 11.8 Å². The van der Waals surface area contributed by atoms with Crippen molar-refractivity contribution < 1.29 is 4.79 Å². The first kappa shape index (κ1) is 17.4. The van der Waals surface area contributed by atoms with Crippen LogP contribution in [0.4, 0.5) is 11.6 Å². The van der Waals surface area contributed by atoms with E-state index in [1.165, 1.54) is 11.2 Å². The molecular formula is C20H19N5OS. The van der Waals surface area contributed by atoms with E-state index in [4.69, 9.17) is 0 Å². The quantitative estimate of drug-likeness (QED) is 0.674. The fraction of sp³-hybridized carbons (Fsp3) is 0.150. The fourth-order valence-electron chi connectivity index (χ4n) is 3.20. The van der Waals surface area contributed by atoms with Crippen molar-refractivity contribution >= 4 is 29.3 Å². The van der Waals surface area contributed by atoms with Crippen LogP contribution in [0, 0.1) is 0 Å². The van der Waals surface area contributed by atoms with Gasteiger partial charge >= 0.3 is 0 Å². The summed E-state index contributed by atoms with van der Waals surface area (Å²) in [5.41, 5.74) is 3.12. The van der Waals surface area contributed by atoms with Crippen LogP contribution in [0.5, 0.6) is 0 Å². The van der Waals surface area contributed by atoms with Crippen LogP contribution < -0.4 is 10.6 Å². The van der Waals surface area contributed by atoms with Crippen LogP contribution in [0.1, 0.15) is 18.5 Å². The van der Waals surface area contributed by atoms with Crippen LogP contribution in [0.25, 0.3) is 0 Å². The van der Waals surface area contributed by atoms with E-state index in [1.807, 2.05) is 55.6 Å². The van der Waals surface area contributed by atoms with Crippen molar-refractivity contribution in [1.82, 2.24) is 14.8 Å². The van der Waals surface area contributed by atoms with Crippen molar-refractivity contribution in [3.63, 3.8) is 0 Å². The van der Waals surface area contributed by atoms with Crippen molar-refractivity contribution in [2.75, 3.05) is 16.9 Å². The van der Waals surface area contributed by atoms with Gasteiger partial charge in [-0.15, -0.1) is 11.8 Å². The van der Waals surface area contributed by atoms with Crippen molar-refractivity contribution in [2.45, 2.75) is 17.9 Å². The Balaban J connectivity index is 1.75. The molecule has 1 amide bonds. The minimum absolute atomic E-state index is 0.161. The number of nitrogens with one attached hydrogen (secondary N) is 2. The Bertz CT molecular complexity index is 995. The third-order valence-corrected chi connectivity index (χ3v) is 5.25. The van der Waals surface area contributed by atoms with Crippen LogP contribution in [-0.2, 0) is 4.79 Å². The van der Waals surface area contributed by atoms with E-state index in [9.17, 15) is 4.79 Å². The molecule has 0 saturated carbocycles. The molecule has 27 heavy (non-hydrogen) atoms. The van der Waals surface area contributed by atoms with Gasteiger partial charge in [0, 0.05) is 16.3 Å². The number of para-hydroxylation sites is 1. The Morgan fingerprint density at radius 3 is 2.59 bits per heavy atom. The van der Waals surface area contributed by atoms with E-state index in [-0.39, 0.29) is 11.9 Å². The summed E-state index contributed by atoms with van der Waals surface area (Å²) in [6.45, 7) is 1.89. The molecular weight excluding hydrogens is 358 g/mol. The molecule has 1 atom stereocenters. The molecule has 7 heteroatoms. The number of aromatic nitrogens is 3. The number of benzene rings is 2. The zero-order valence-electron chi connectivity index (χ0n) is 15.0. The number of fused-ring (bicyclic) bond motifs is 1. The van der Waals surface area contributed by atoms with Gasteiger partial charge in [-0.25, -0.2) is 4.68 Å². The van der Waals surface area contributed by atoms with E-state index in [2.05, 4.69) is 32.8 Å². The number of carbonyl (C=O) groups is 1. The smallest absolute Gasteiger partial charge is 0.255 e. The number of allylic oxidation sites excluding steroid dienone is 1. The second kappa shape index (κ2) is 7.28. The molecule has 2 aromatic carbocycles. The third kappa shape index (κ3) is 3.33. The minimum Gasteiger partial charge on any atom is -0.328 e. The minimum atomic E-state index is -0.344. The molecule has 1 aromatic heterocycles. The number of anilines is 2. The summed E-state index contributed by atoms with van der Waals surface area (Å²) in [6.07, 6.45) is 3.54. The SMILES string of the molecule is CSc1ccc(C2C(C(=O)Nc3ccccc3)=C(C)Nc3ncnn32)cc1. The van der Waals surface area contributed by atoms with Gasteiger partial charge in [-0.3, -0.25) is 4.79 Å². The monoisotopic (exact) mass is 377 g/mol. The van der Waals surface area contributed by atoms with Crippen LogP contribution in [-0.4, -0.2) is 26.9 Å². The first-order valence-electron chi connectivity index (χ1n) is 8.55. The van der Waals surface area contributed by atoms with Crippen molar-refractivity contribution in [3.05, 3.63) is 77.8 Å². The summed E-state index contributed by atoms with van der Waals surface area (Å²) >= 11 is 1.68. The largest absolute Gasteiger partial charge is 0.328 e. The number of nitrogens with zero attached hydrogens (tertiary/aromatic N) is 3. The lowest BCUT2D eigenvalue weighted by Gasteiger charge is -2.28. The Morgan fingerprint density at radius 2 is 1.89 bits per heavy atom. The van der Waals surface area contributed by atoms with Gasteiger partial charge in [0.05, 0.1) is 5.57 Å². The molecule has 2 N–H and O–H groups in total. The van der Waals surface area contributed by atoms with Gasteiger partial charge in [0.25, 0.3) is 5.91 Å². The summed E-state index contributed by atoms with van der Waals surface area (Å²) in [6, 6.07) is 17.3. The molecule has 0 bridgehead atoms. The number of hydrogen-bond donors (Lipinski definition) is 2. The number of rotatable bonds is 4. The highest BCUT2D eigenvalue weighted by atomic mass is 32.2. The number of amides is 1. The highest BCUT2D eigenvalue weighted by Gasteiger charge is 2.33.